The number of hydrogen-bond donors (Lipinski definition) is 3. The van der Waals surface area contributed by atoms with Gasteiger partial charge in [0.2, 0.25) is 5.91 Å². The first kappa shape index (κ1) is 21.6. The normalized spacial score (nSPS) is 15.6. The van der Waals surface area contributed by atoms with Crippen LogP contribution in [0, 0.1) is 5.92 Å². The lowest BCUT2D eigenvalue weighted by Crippen LogP contribution is -2.47. The highest BCUT2D eigenvalue weighted by molar-refractivity contribution is 5.86. The molecule has 4 rings (SSSR count). The average molecular weight is 434 g/mol. The summed E-state index contributed by atoms with van der Waals surface area (Å²) in [6.45, 7) is 0.262. The van der Waals surface area contributed by atoms with E-state index in [1.807, 2.05) is 24.3 Å². The maximum absolute atomic E-state index is 12.6. The Morgan fingerprint density at radius 3 is 2.25 bits per heavy atom. The van der Waals surface area contributed by atoms with Crippen LogP contribution >= 0.6 is 0 Å². The first-order valence-electron chi connectivity index (χ1n) is 10.8. The van der Waals surface area contributed by atoms with Crippen molar-refractivity contribution in [2.45, 2.75) is 31.2 Å². The molecule has 2 aromatic carbocycles. The first-order valence-corrected chi connectivity index (χ1v) is 10.8. The SMILES string of the molecule is O=C(O)/C=C/CNC(=O)[C@H](CC1CC1)NC(=O)OCC1c2ccccc2-c2ccccc21. The van der Waals surface area contributed by atoms with Crippen molar-refractivity contribution in [3.8, 4) is 11.1 Å². The largest absolute Gasteiger partial charge is 0.478 e. The molecule has 7 nitrogen and oxygen atoms in total. The van der Waals surface area contributed by atoms with Gasteiger partial charge in [-0.3, -0.25) is 4.79 Å². The number of carboxylic acids is 1. The summed E-state index contributed by atoms with van der Waals surface area (Å²) in [6, 6.07) is 15.5. The minimum Gasteiger partial charge on any atom is -0.478 e. The maximum Gasteiger partial charge on any atom is 0.407 e. The van der Waals surface area contributed by atoms with Crippen molar-refractivity contribution in [1.29, 1.82) is 0 Å². The minimum absolute atomic E-state index is 0.0509. The van der Waals surface area contributed by atoms with Gasteiger partial charge in [0.1, 0.15) is 12.6 Å². The summed E-state index contributed by atoms with van der Waals surface area (Å²) in [5.41, 5.74) is 4.55. The molecule has 0 radical (unpaired) electrons. The molecule has 0 aliphatic heterocycles. The third kappa shape index (κ3) is 5.17. The highest BCUT2D eigenvalue weighted by atomic mass is 16.5. The Bertz CT molecular complexity index is 999. The van der Waals surface area contributed by atoms with Gasteiger partial charge >= 0.3 is 12.1 Å². The topological polar surface area (TPSA) is 105 Å². The van der Waals surface area contributed by atoms with Gasteiger partial charge in [-0.25, -0.2) is 9.59 Å². The van der Waals surface area contributed by atoms with Crippen molar-refractivity contribution in [3.63, 3.8) is 0 Å². The van der Waals surface area contributed by atoms with Crippen LogP contribution in [0.3, 0.4) is 0 Å². The van der Waals surface area contributed by atoms with E-state index in [0.29, 0.717) is 12.3 Å². The molecule has 0 spiro atoms. The number of aliphatic carboxylic acids is 1. The quantitative estimate of drug-likeness (QED) is 0.525. The second-order valence-electron chi connectivity index (χ2n) is 8.19. The van der Waals surface area contributed by atoms with Gasteiger partial charge in [0.05, 0.1) is 0 Å². The summed E-state index contributed by atoms with van der Waals surface area (Å²) in [7, 11) is 0. The van der Waals surface area contributed by atoms with Crippen LogP contribution in [0.25, 0.3) is 11.1 Å². The predicted octanol–water partition coefficient (Wildman–Crippen LogP) is 3.45. The number of ether oxygens (including phenoxy) is 1. The lowest BCUT2D eigenvalue weighted by atomic mass is 9.98. The van der Waals surface area contributed by atoms with Crippen molar-refractivity contribution >= 4 is 18.0 Å². The highest BCUT2D eigenvalue weighted by Crippen LogP contribution is 2.44. The van der Waals surface area contributed by atoms with E-state index in [0.717, 1.165) is 41.2 Å². The second-order valence-corrected chi connectivity index (χ2v) is 8.19. The molecule has 1 saturated carbocycles. The van der Waals surface area contributed by atoms with E-state index in [1.54, 1.807) is 0 Å². The number of amides is 2. The van der Waals surface area contributed by atoms with E-state index >= 15 is 0 Å². The van der Waals surface area contributed by atoms with Crippen LogP contribution in [0.2, 0.25) is 0 Å². The average Bonchev–Trinajstić information content (AvgIpc) is 3.55. The molecule has 0 bridgehead atoms. The number of rotatable bonds is 9. The number of carbonyl (C=O) groups is 3. The summed E-state index contributed by atoms with van der Waals surface area (Å²) in [5, 5.41) is 14.0. The van der Waals surface area contributed by atoms with Crippen LogP contribution in [-0.2, 0) is 14.3 Å². The summed E-state index contributed by atoms with van der Waals surface area (Å²) in [4.78, 5) is 35.6. The van der Waals surface area contributed by atoms with Crippen LogP contribution in [-0.4, -0.2) is 42.3 Å². The number of alkyl carbamates (subject to hydrolysis) is 1. The van der Waals surface area contributed by atoms with Crippen molar-refractivity contribution in [2.24, 2.45) is 5.92 Å². The van der Waals surface area contributed by atoms with Crippen molar-refractivity contribution in [1.82, 2.24) is 10.6 Å². The summed E-state index contributed by atoms with van der Waals surface area (Å²) >= 11 is 0. The molecule has 166 valence electrons. The zero-order valence-corrected chi connectivity index (χ0v) is 17.6. The third-order valence-electron chi connectivity index (χ3n) is 5.87. The third-order valence-corrected chi connectivity index (χ3v) is 5.87. The molecule has 1 atom stereocenters. The molecule has 0 unspecified atom stereocenters. The fourth-order valence-electron chi connectivity index (χ4n) is 4.14. The molecule has 0 heterocycles. The number of carbonyl (C=O) groups excluding carboxylic acids is 2. The van der Waals surface area contributed by atoms with Gasteiger partial charge in [0.25, 0.3) is 0 Å². The standard InChI is InChI=1S/C25H26N2O5/c28-23(29)10-5-13-26-24(30)22(14-16-11-12-16)27-25(31)32-15-21-19-8-3-1-6-17(19)18-7-2-4-9-20(18)21/h1-10,16,21-22H,11-15H2,(H,26,30)(H,27,31)(H,28,29)/b10-5+/t22-/m0/s1. The fourth-order valence-corrected chi connectivity index (χ4v) is 4.14. The highest BCUT2D eigenvalue weighted by Gasteiger charge is 2.32. The molecule has 1 fully saturated rings. The van der Waals surface area contributed by atoms with Gasteiger partial charge in [-0.1, -0.05) is 67.4 Å². The Hall–Kier alpha value is -3.61. The van der Waals surface area contributed by atoms with E-state index in [2.05, 4.69) is 34.9 Å². The smallest absolute Gasteiger partial charge is 0.407 e. The molecule has 2 aliphatic rings. The van der Waals surface area contributed by atoms with Crippen LogP contribution in [0.15, 0.2) is 60.7 Å². The summed E-state index contributed by atoms with van der Waals surface area (Å²) < 4.78 is 5.56. The van der Waals surface area contributed by atoms with Gasteiger partial charge in [-0.15, -0.1) is 0 Å². The van der Waals surface area contributed by atoms with Crippen LogP contribution < -0.4 is 10.6 Å². The number of fused-ring (bicyclic) bond motifs is 3. The molecule has 32 heavy (non-hydrogen) atoms. The monoisotopic (exact) mass is 434 g/mol. The summed E-state index contributed by atoms with van der Waals surface area (Å²) in [6.07, 6.45) is 4.30. The molecule has 0 aromatic heterocycles. The molecule has 2 amide bonds. The minimum atomic E-state index is -1.08. The van der Waals surface area contributed by atoms with Crippen molar-refractivity contribution in [3.05, 3.63) is 71.8 Å². The Morgan fingerprint density at radius 1 is 1.03 bits per heavy atom. The van der Waals surface area contributed by atoms with Crippen LogP contribution in [0.4, 0.5) is 4.79 Å². The second kappa shape index (κ2) is 9.68. The lowest BCUT2D eigenvalue weighted by molar-refractivity contribution is -0.131. The van der Waals surface area contributed by atoms with E-state index in [4.69, 9.17) is 9.84 Å². The molecule has 3 N–H and O–H groups in total. The first-order chi connectivity index (χ1) is 15.5. The van der Waals surface area contributed by atoms with Gasteiger partial charge in [0, 0.05) is 18.5 Å². The Kier molecular flexibility index (Phi) is 6.54. The number of carboxylic acid groups (broad SMARTS) is 1. The Labute approximate surface area is 186 Å². The van der Waals surface area contributed by atoms with E-state index in [-0.39, 0.29) is 25.0 Å². The molecule has 2 aliphatic carbocycles. The molecule has 0 saturated heterocycles. The van der Waals surface area contributed by atoms with Gasteiger partial charge < -0.3 is 20.5 Å². The van der Waals surface area contributed by atoms with Gasteiger partial charge in [-0.05, 0) is 34.6 Å². The molecular formula is C25H26N2O5. The van der Waals surface area contributed by atoms with Crippen LogP contribution in [0.1, 0.15) is 36.3 Å². The van der Waals surface area contributed by atoms with Gasteiger partial charge in [-0.2, -0.15) is 0 Å². The molecular weight excluding hydrogens is 408 g/mol. The molecule has 7 heteroatoms. The number of benzene rings is 2. The lowest BCUT2D eigenvalue weighted by Gasteiger charge is -2.19. The zero-order chi connectivity index (χ0) is 22.5. The summed E-state index contributed by atoms with van der Waals surface area (Å²) in [5.74, 6) is -1.06. The number of nitrogens with one attached hydrogen (secondary N) is 2. The van der Waals surface area contributed by atoms with Crippen molar-refractivity contribution < 1.29 is 24.2 Å². The Balaban J connectivity index is 1.36. The zero-order valence-electron chi connectivity index (χ0n) is 17.6. The van der Waals surface area contributed by atoms with Crippen molar-refractivity contribution in [2.75, 3.05) is 13.2 Å². The maximum atomic E-state index is 12.6. The fraction of sp³-hybridized carbons (Fsp3) is 0.320. The Morgan fingerprint density at radius 2 is 1.66 bits per heavy atom. The molecule has 2 aromatic rings. The van der Waals surface area contributed by atoms with Crippen LogP contribution in [0.5, 0.6) is 0 Å². The van der Waals surface area contributed by atoms with Gasteiger partial charge in [0.15, 0.2) is 0 Å². The predicted molar refractivity (Wildman–Crippen MR) is 119 cm³/mol. The van der Waals surface area contributed by atoms with E-state index in [1.165, 1.54) is 6.08 Å². The number of hydrogen-bond acceptors (Lipinski definition) is 4. The van der Waals surface area contributed by atoms with E-state index in [9.17, 15) is 14.4 Å². The van der Waals surface area contributed by atoms with E-state index < -0.39 is 18.1 Å².